The molecule has 0 aliphatic carbocycles. The molecule has 0 bridgehead atoms. The van der Waals surface area contributed by atoms with E-state index in [1.54, 1.807) is 31.5 Å². The van der Waals surface area contributed by atoms with E-state index in [9.17, 15) is 4.79 Å². The summed E-state index contributed by atoms with van der Waals surface area (Å²) >= 11 is 0. The molecule has 116 valence electrons. The Hall–Kier alpha value is -2.28. The number of hydrogen-bond acceptors (Lipinski definition) is 6. The molecule has 0 saturated carbocycles. The first-order valence-electron chi connectivity index (χ1n) is 7.43. The third-order valence-corrected chi connectivity index (χ3v) is 3.80. The van der Waals surface area contributed by atoms with Crippen LogP contribution in [-0.2, 0) is 6.42 Å². The van der Waals surface area contributed by atoms with Crippen molar-refractivity contribution >= 4 is 5.91 Å². The molecule has 2 aromatic heterocycles. The first-order valence-corrected chi connectivity index (χ1v) is 7.43. The van der Waals surface area contributed by atoms with Crippen LogP contribution in [0.4, 0.5) is 0 Å². The van der Waals surface area contributed by atoms with Gasteiger partial charge in [0.15, 0.2) is 0 Å². The molecular weight excluding hydrogens is 282 g/mol. The third-order valence-electron chi connectivity index (χ3n) is 3.80. The van der Waals surface area contributed by atoms with Crippen molar-refractivity contribution in [2.75, 3.05) is 32.7 Å². The predicted molar refractivity (Wildman–Crippen MR) is 79.3 cm³/mol. The average molecular weight is 301 g/mol. The van der Waals surface area contributed by atoms with Gasteiger partial charge in [-0.05, 0) is 12.1 Å². The lowest BCUT2D eigenvalue weighted by molar-refractivity contribution is 0.0636. The second-order valence-corrected chi connectivity index (χ2v) is 5.33. The third kappa shape index (κ3) is 3.48. The van der Waals surface area contributed by atoms with Gasteiger partial charge in [-0.2, -0.15) is 0 Å². The van der Waals surface area contributed by atoms with E-state index in [1.807, 2.05) is 4.90 Å². The van der Waals surface area contributed by atoms with Crippen molar-refractivity contribution in [2.45, 2.75) is 13.3 Å². The normalized spacial score (nSPS) is 16.0. The van der Waals surface area contributed by atoms with Crippen LogP contribution in [0.5, 0.6) is 0 Å². The summed E-state index contributed by atoms with van der Waals surface area (Å²) in [6, 6.07) is 3.51. The average Bonchev–Trinajstić information content (AvgIpc) is 2.99. The maximum absolute atomic E-state index is 12.3. The maximum atomic E-state index is 12.3. The summed E-state index contributed by atoms with van der Waals surface area (Å²) in [4.78, 5) is 20.5. The molecule has 3 heterocycles. The first-order chi connectivity index (χ1) is 10.7. The van der Waals surface area contributed by atoms with Crippen LogP contribution in [0.3, 0.4) is 0 Å². The Balaban J connectivity index is 1.47. The Bertz CT molecular complexity index is 620. The van der Waals surface area contributed by atoms with Gasteiger partial charge < -0.3 is 9.32 Å². The van der Waals surface area contributed by atoms with Crippen molar-refractivity contribution in [1.82, 2.24) is 25.0 Å². The number of hydrogen-bond donors (Lipinski definition) is 0. The highest BCUT2D eigenvalue weighted by Gasteiger charge is 2.22. The van der Waals surface area contributed by atoms with Crippen LogP contribution in [-0.4, -0.2) is 63.6 Å². The van der Waals surface area contributed by atoms with E-state index >= 15 is 0 Å². The number of carbonyl (C=O) groups excluding carboxylic acids is 1. The monoisotopic (exact) mass is 301 g/mol. The zero-order valence-corrected chi connectivity index (χ0v) is 12.6. The van der Waals surface area contributed by atoms with Gasteiger partial charge in [-0.1, -0.05) is 0 Å². The molecule has 2 aromatic rings. The topological polar surface area (TPSA) is 75.4 Å². The largest absolute Gasteiger partial charge is 0.426 e. The minimum absolute atomic E-state index is 0.0783. The molecular formula is C15H19N5O2. The van der Waals surface area contributed by atoms with Crippen molar-refractivity contribution in [3.05, 3.63) is 41.9 Å². The molecule has 0 radical (unpaired) electrons. The van der Waals surface area contributed by atoms with Crippen molar-refractivity contribution in [3.8, 4) is 0 Å². The van der Waals surface area contributed by atoms with E-state index < -0.39 is 0 Å². The lowest BCUT2D eigenvalue weighted by Crippen LogP contribution is -2.49. The predicted octanol–water partition coefficient (Wildman–Crippen LogP) is 0.774. The van der Waals surface area contributed by atoms with Gasteiger partial charge in [-0.15, -0.1) is 10.2 Å². The molecule has 0 unspecified atom stereocenters. The molecule has 1 saturated heterocycles. The number of piperazine rings is 1. The maximum Gasteiger partial charge on any atom is 0.254 e. The van der Waals surface area contributed by atoms with Gasteiger partial charge in [0.2, 0.25) is 11.8 Å². The number of rotatable bonds is 4. The van der Waals surface area contributed by atoms with Crippen LogP contribution in [0.25, 0.3) is 0 Å². The van der Waals surface area contributed by atoms with Gasteiger partial charge in [-0.3, -0.25) is 14.7 Å². The van der Waals surface area contributed by atoms with Crippen LogP contribution in [0, 0.1) is 6.92 Å². The lowest BCUT2D eigenvalue weighted by atomic mass is 10.2. The number of carbonyl (C=O) groups is 1. The summed E-state index contributed by atoms with van der Waals surface area (Å²) in [6.07, 6.45) is 4.05. The zero-order valence-electron chi connectivity index (χ0n) is 12.6. The smallest absolute Gasteiger partial charge is 0.254 e. The number of aromatic nitrogens is 3. The highest BCUT2D eigenvalue weighted by molar-refractivity contribution is 5.94. The Morgan fingerprint density at radius 2 is 1.91 bits per heavy atom. The fraction of sp³-hybridized carbons (Fsp3) is 0.467. The minimum atomic E-state index is 0.0783. The molecule has 1 aliphatic rings. The molecule has 7 heteroatoms. The molecule has 1 aliphatic heterocycles. The summed E-state index contributed by atoms with van der Waals surface area (Å²) in [6.45, 7) is 5.88. The van der Waals surface area contributed by atoms with Crippen LogP contribution in [0.2, 0.25) is 0 Å². The minimum Gasteiger partial charge on any atom is -0.426 e. The molecule has 3 rings (SSSR count). The van der Waals surface area contributed by atoms with Gasteiger partial charge >= 0.3 is 0 Å². The van der Waals surface area contributed by atoms with E-state index in [1.165, 1.54) is 0 Å². The molecule has 22 heavy (non-hydrogen) atoms. The second kappa shape index (κ2) is 6.65. The molecule has 0 aromatic carbocycles. The molecule has 7 nitrogen and oxygen atoms in total. The zero-order chi connectivity index (χ0) is 15.4. The van der Waals surface area contributed by atoms with Crippen LogP contribution >= 0.6 is 0 Å². The molecule has 0 spiro atoms. The highest BCUT2D eigenvalue weighted by atomic mass is 16.4. The number of nitrogens with zero attached hydrogens (tertiary/aromatic N) is 5. The summed E-state index contributed by atoms with van der Waals surface area (Å²) in [5, 5.41) is 7.83. The number of amides is 1. The SMILES string of the molecule is Cc1nnc(CCN2CCN(C(=O)c3ccncc3)CC2)o1. The Labute approximate surface area is 129 Å². The summed E-state index contributed by atoms with van der Waals surface area (Å²) in [5.74, 6) is 1.35. The van der Waals surface area contributed by atoms with Crippen LogP contribution < -0.4 is 0 Å². The van der Waals surface area contributed by atoms with Crippen LogP contribution in [0.15, 0.2) is 28.9 Å². The van der Waals surface area contributed by atoms with E-state index in [0.717, 1.165) is 39.1 Å². The lowest BCUT2D eigenvalue weighted by Gasteiger charge is -2.34. The second-order valence-electron chi connectivity index (χ2n) is 5.33. The van der Waals surface area contributed by atoms with Gasteiger partial charge in [0.25, 0.3) is 5.91 Å². The fourth-order valence-corrected chi connectivity index (χ4v) is 2.54. The van der Waals surface area contributed by atoms with E-state index in [-0.39, 0.29) is 5.91 Å². The van der Waals surface area contributed by atoms with Crippen molar-refractivity contribution in [2.24, 2.45) is 0 Å². The number of pyridine rings is 1. The standard InChI is InChI=1S/C15H19N5O2/c1-12-17-18-14(22-12)4-7-19-8-10-20(11-9-19)15(21)13-2-5-16-6-3-13/h2-3,5-6H,4,7-11H2,1H3. The van der Waals surface area contributed by atoms with Crippen molar-refractivity contribution in [1.29, 1.82) is 0 Å². The fourth-order valence-electron chi connectivity index (χ4n) is 2.54. The van der Waals surface area contributed by atoms with Gasteiger partial charge in [0.1, 0.15) is 0 Å². The summed E-state index contributed by atoms with van der Waals surface area (Å²) < 4.78 is 5.37. The van der Waals surface area contributed by atoms with Gasteiger partial charge in [0.05, 0.1) is 0 Å². The quantitative estimate of drug-likeness (QED) is 0.830. The highest BCUT2D eigenvalue weighted by Crippen LogP contribution is 2.09. The van der Waals surface area contributed by atoms with Gasteiger partial charge in [0, 0.05) is 64.0 Å². The van der Waals surface area contributed by atoms with E-state index in [2.05, 4.69) is 20.1 Å². The van der Waals surface area contributed by atoms with Crippen molar-refractivity contribution in [3.63, 3.8) is 0 Å². The molecule has 1 fully saturated rings. The van der Waals surface area contributed by atoms with E-state index in [0.29, 0.717) is 17.3 Å². The van der Waals surface area contributed by atoms with Crippen LogP contribution in [0.1, 0.15) is 22.1 Å². The Kier molecular flexibility index (Phi) is 4.43. The number of aryl methyl sites for hydroxylation is 1. The molecule has 1 amide bonds. The van der Waals surface area contributed by atoms with Crippen molar-refractivity contribution < 1.29 is 9.21 Å². The molecule has 0 N–H and O–H groups in total. The molecule has 0 atom stereocenters. The van der Waals surface area contributed by atoms with Gasteiger partial charge in [-0.25, -0.2) is 0 Å². The summed E-state index contributed by atoms with van der Waals surface area (Å²) in [5.41, 5.74) is 0.699. The van der Waals surface area contributed by atoms with E-state index in [4.69, 9.17) is 4.42 Å². The Morgan fingerprint density at radius 1 is 1.18 bits per heavy atom. The summed E-state index contributed by atoms with van der Waals surface area (Å²) in [7, 11) is 0. The first kappa shape index (κ1) is 14.6. The Morgan fingerprint density at radius 3 is 2.55 bits per heavy atom.